The van der Waals surface area contributed by atoms with Gasteiger partial charge in [-0.25, -0.2) is 0 Å². The molecule has 1 N–H and O–H groups in total. The molecular weight excluding hydrogens is 256 g/mol. The van der Waals surface area contributed by atoms with Crippen LogP contribution in [-0.2, 0) is 11.3 Å². The molecule has 0 aliphatic carbocycles. The molecule has 0 saturated carbocycles. The Labute approximate surface area is 118 Å². The number of carbonyl (C=O) groups excluding carboxylic acids is 1. The van der Waals surface area contributed by atoms with Crippen molar-refractivity contribution in [2.24, 2.45) is 0 Å². The molecule has 1 aromatic rings. The van der Waals surface area contributed by atoms with Crippen LogP contribution in [0.5, 0.6) is 0 Å². The standard InChI is InChI=1S/C15H20N2OS/c1-11-10-19-7-6-17(11)15(18)14-9-16-8-12-4-2-3-5-13(12)14/h2-5,11,14,16H,6-10H2,1H3. The van der Waals surface area contributed by atoms with Gasteiger partial charge in [0, 0.05) is 37.2 Å². The molecule has 102 valence electrons. The third-order valence-corrected chi connectivity index (χ3v) is 5.23. The van der Waals surface area contributed by atoms with Crippen LogP contribution in [0.1, 0.15) is 24.0 Å². The van der Waals surface area contributed by atoms with Crippen molar-refractivity contribution >= 4 is 17.7 Å². The third kappa shape index (κ3) is 2.51. The predicted octanol–water partition coefficient (Wildman–Crippen LogP) is 1.84. The van der Waals surface area contributed by atoms with E-state index in [1.54, 1.807) is 0 Å². The summed E-state index contributed by atoms with van der Waals surface area (Å²) in [6, 6.07) is 8.69. The van der Waals surface area contributed by atoms with Crippen molar-refractivity contribution in [1.82, 2.24) is 10.2 Å². The first-order chi connectivity index (χ1) is 9.27. The maximum Gasteiger partial charge on any atom is 0.231 e. The maximum absolute atomic E-state index is 12.8. The Kier molecular flexibility index (Phi) is 3.80. The van der Waals surface area contributed by atoms with Gasteiger partial charge in [-0.3, -0.25) is 4.79 Å². The van der Waals surface area contributed by atoms with Crippen LogP contribution in [0.4, 0.5) is 0 Å². The predicted molar refractivity (Wildman–Crippen MR) is 79.4 cm³/mol. The van der Waals surface area contributed by atoms with Gasteiger partial charge in [0.25, 0.3) is 0 Å². The SMILES string of the molecule is CC1CSCCN1C(=O)C1CNCc2ccccc21. The number of hydrogen-bond acceptors (Lipinski definition) is 3. The van der Waals surface area contributed by atoms with Crippen LogP contribution in [-0.4, -0.2) is 41.4 Å². The second-order valence-corrected chi connectivity index (χ2v) is 6.49. The van der Waals surface area contributed by atoms with Gasteiger partial charge in [-0.1, -0.05) is 24.3 Å². The molecule has 0 spiro atoms. The first-order valence-corrected chi connectivity index (χ1v) is 8.09. The number of benzene rings is 1. The molecule has 0 bridgehead atoms. The molecule has 19 heavy (non-hydrogen) atoms. The summed E-state index contributed by atoms with van der Waals surface area (Å²) in [7, 11) is 0. The molecule has 2 heterocycles. The van der Waals surface area contributed by atoms with Gasteiger partial charge < -0.3 is 10.2 Å². The molecule has 0 radical (unpaired) electrons. The van der Waals surface area contributed by atoms with Crippen molar-refractivity contribution in [3.63, 3.8) is 0 Å². The second kappa shape index (κ2) is 5.55. The van der Waals surface area contributed by atoms with Crippen LogP contribution in [0.15, 0.2) is 24.3 Å². The summed E-state index contributed by atoms with van der Waals surface area (Å²) in [4.78, 5) is 14.9. The lowest BCUT2D eigenvalue weighted by Crippen LogP contribution is -2.49. The van der Waals surface area contributed by atoms with Crippen molar-refractivity contribution in [3.05, 3.63) is 35.4 Å². The van der Waals surface area contributed by atoms with Crippen molar-refractivity contribution in [2.45, 2.75) is 25.4 Å². The van der Waals surface area contributed by atoms with Crippen molar-refractivity contribution in [2.75, 3.05) is 24.6 Å². The van der Waals surface area contributed by atoms with Crippen molar-refractivity contribution in [3.8, 4) is 0 Å². The normalized spacial score (nSPS) is 26.9. The Morgan fingerprint density at radius 1 is 1.42 bits per heavy atom. The second-order valence-electron chi connectivity index (χ2n) is 5.34. The average Bonchev–Trinajstić information content (AvgIpc) is 2.46. The number of nitrogens with one attached hydrogen (secondary N) is 1. The maximum atomic E-state index is 12.8. The monoisotopic (exact) mass is 276 g/mol. The Morgan fingerprint density at radius 3 is 3.11 bits per heavy atom. The highest BCUT2D eigenvalue weighted by atomic mass is 32.2. The van der Waals surface area contributed by atoms with Crippen LogP contribution in [0.2, 0.25) is 0 Å². The van der Waals surface area contributed by atoms with Crippen LogP contribution >= 0.6 is 11.8 Å². The molecule has 3 nitrogen and oxygen atoms in total. The van der Waals surface area contributed by atoms with Crippen LogP contribution in [0.25, 0.3) is 0 Å². The molecule has 2 unspecified atom stereocenters. The molecule has 1 fully saturated rings. The van der Waals surface area contributed by atoms with E-state index in [0.717, 1.165) is 31.1 Å². The Hall–Kier alpha value is -1.00. The topological polar surface area (TPSA) is 32.3 Å². The molecule has 3 rings (SSSR count). The lowest BCUT2D eigenvalue weighted by Gasteiger charge is -2.37. The molecule has 2 aliphatic rings. The Bertz CT molecular complexity index is 477. The number of amides is 1. The summed E-state index contributed by atoms with van der Waals surface area (Å²) in [6.45, 7) is 4.70. The van der Waals surface area contributed by atoms with Crippen molar-refractivity contribution in [1.29, 1.82) is 0 Å². The quantitative estimate of drug-likeness (QED) is 0.849. The fraction of sp³-hybridized carbons (Fsp3) is 0.533. The van der Waals surface area contributed by atoms with Gasteiger partial charge in [-0.05, 0) is 18.1 Å². The van der Waals surface area contributed by atoms with Gasteiger partial charge in [0.1, 0.15) is 0 Å². The van der Waals surface area contributed by atoms with Gasteiger partial charge in [-0.15, -0.1) is 0 Å². The van der Waals surface area contributed by atoms with E-state index in [1.807, 2.05) is 23.9 Å². The third-order valence-electron chi connectivity index (χ3n) is 4.04. The summed E-state index contributed by atoms with van der Waals surface area (Å²) in [5, 5.41) is 3.37. The highest BCUT2D eigenvalue weighted by Gasteiger charge is 2.32. The van der Waals surface area contributed by atoms with E-state index in [4.69, 9.17) is 0 Å². The number of carbonyl (C=O) groups is 1. The minimum Gasteiger partial charge on any atom is -0.338 e. The number of fused-ring (bicyclic) bond motifs is 1. The van der Waals surface area contributed by atoms with E-state index in [-0.39, 0.29) is 5.92 Å². The number of rotatable bonds is 1. The first-order valence-electron chi connectivity index (χ1n) is 6.94. The van der Waals surface area contributed by atoms with Gasteiger partial charge in [0.15, 0.2) is 0 Å². The number of nitrogens with zero attached hydrogens (tertiary/aromatic N) is 1. The summed E-state index contributed by atoms with van der Waals surface area (Å²) < 4.78 is 0. The molecule has 2 aliphatic heterocycles. The van der Waals surface area contributed by atoms with Gasteiger partial charge >= 0.3 is 0 Å². The number of thioether (sulfide) groups is 1. The minimum absolute atomic E-state index is 0.00417. The van der Waals surface area contributed by atoms with E-state index in [0.29, 0.717) is 11.9 Å². The van der Waals surface area contributed by atoms with Crippen LogP contribution < -0.4 is 5.32 Å². The van der Waals surface area contributed by atoms with Gasteiger partial charge in [0.05, 0.1) is 5.92 Å². The lowest BCUT2D eigenvalue weighted by molar-refractivity contribution is -0.134. The highest BCUT2D eigenvalue weighted by molar-refractivity contribution is 7.99. The van der Waals surface area contributed by atoms with E-state index < -0.39 is 0 Å². The summed E-state index contributed by atoms with van der Waals surface area (Å²) >= 11 is 1.95. The summed E-state index contributed by atoms with van der Waals surface area (Å²) in [5.74, 6) is 2.42. The minimum atomic E-state index is -0.00417. The zero-order chi connectivity index (χ0) is 13.2. The largest absolute Gasteiger partial charge is 0.338 e. The Morgan fingerprint density at radius 2 is 2.26 bits per heavy atom. The summed E-state index contributed by atoms with van der Waals surface area (Å²) in [6.07, 6.45) is 0. The fourth-order valence-corrected chi connectivity index (χ4v) is 3.98. The summed E-state index contributed by atoms with van der Waals surface area (Å²) in [5.41, 5.74) is 2.49. The average molecular weight is 276 g/mol. The molecule has 2 atom stereocenters. The van der Waals surface area contributed by atoms with Gasteiger partial charge in [-0.2, -0.15) is 11.8 Å². The van der Waals surface area contributed by atoms with Crippen LogP contribution in [0.3, 0.4) is 0 Å². The first kappa shape index (κ1) is 13.0. The van der Waals surface area contributed by atoms with E-state index >= 15 is 0 Å². The lowest BCUT2D eigenvalue weighted by atomic mass is 9.89. The molecule has 4 heteroatoms. The Balaban J connectivity index is 1.84. The molecular formula is C15H20N2OS. The van der Waals surface area contributed by atoms with Crippen LogP contribution in [0, 0.1) is 0 Å². The van der Waals surface area contributed by atoms with E-state index in [9.17, 15) is 4.79 Å². The van der Waals surface area contributed by atoms with Gasteiger partial charge in [0.2, 0.25) is 5.91 Å². The zero-order valence-electron chi connectivity index (χ0n) is 11.3. The molecule has 1 aromatic carbocycles. The fourth-order valence-electron chi connectivity index (χ4n) is 2.97. The van der Waals surface area contributed by atoms with E-state index in [1.165, 1.54) is 11.1 Å². The highest BCUT2D eigenvalue weighted by Crippen LogP contribution is 2.28. The number of hydrogen-bond donors (Lipinski definition) is 1. The van der Waals surface area contributed by atoms with Crippen molar-refractivity contribution < 1.29 is 4.79 Å². The molecule has 1 amide bonds. The molecule has 0 aromatic heterocycles. The van der Waals surface area contributed by atoms with E-state index in [2.05, 4.69) is 29.3 Å². The molecule has 1 saturated heterocycles. The zero-order valence-corrected chi connectivity index (χ0v) is 12.1. The smallest absolute Gasteiger partial charge is 0.231 e.